The molecule has 0 heterocycles. The molecule has 0 unspecified atom stereocenters. The number of rotatable bonds is 5. The predicted octanol–water partition coefficient (Wildman–Crippen LogP) is 0.893. The van der Waals surface area contributed by atoms with Crippen LogP contribution in [0.2, 0.25) is 0 Å². The maximum Gasteiger partial charge on any atom is 0.407 e. The van der Waals surface area contributed by atoms with Crippen molar-refractivity contribution in [3.05, 3.63) is 0 Å². The van der Waals surface area contributed by atoms with E-state index in [-0.39, 0.29) is 19.3 Å². The minimum Gasteiger partial charge on any atom is -0.447 e. The summed E-state index contributed by atoms with van der Waals surface area (Å²) in [4.78, 5) is 10.9. The fourth-order valence-corrected chi connectivity index (χ4v) is 0.839. The van der Waals surface area contributed by atoms with Gasteiger partial charge in [0.1, 0.15) is 6.61 Å². The normalized spacial score (nSPS) is 10.0. The van der Waals surface area contributed by atoms with Crippen molar-refractivity contribution in [2.75, 3.05) is 13.2 Å². The zero-order valence-corrected chi connectivity index (χ0v) is 7.67. The molecule has 4 heteroatoms. The fraction of sp³-hybridized carbons (Fsp3) is 0.875. The number of aliphatic hydroxyl groups excluding tert-OH is 1. The number of alkyl carbamates (subject to hydrolysis) is 1. The Labute approximate surface area is 72.9 Å². The summed E-state index contributed by atoms with van der Waals surface area (Å²) < 4.78 is 4.63. The summed E-state index contributed by atoms with van der Waals surface area (Å²) in [7, 11) is 0. The molecular weight excluding hydrogens is 158 g/mol. The van der Waals surface area contributed by atoms with Gasteiger partial charge in [0.25, 0.3) is 0 Å². The summed E-state index contributed by atoms with van der Waals surface area (Å²) in [5.41, 5.74) is 0. The third-order valence-corrected chi connectivity index (χ3v) is 1.63. The number of ether oxygens (including phenoxy) is 1. The SMILES string of the molecule is CCC(CC)NC(=O)OCCO. The van der Waals surface area contributed by atoms with Crippen LogP contribution in [-0.4, -0.2) is 30.5 Å². The first-order chi connectivity index (χ1) is 5.74. The second-order valence-corrected chi connectivity index (χ2v) is 2.52. The quantitative estimate of drug-likeness (QED) is 0.652. The second kappa shape index (κ2) is 6.91. The molecule has 0 radical (unpaired) electrons. The first kappa shape index (κ1) is 11.2. The minimum absolute atomic E-state index is 0.0615. The summed E-state index contributed by atoms with van der Waals surface area (Å²) in [5.74, 6) is 0. The van der Waals surface area contributed by atoms with E-state index in [1.807, 2.05) is 13.8 Å². The van der Waals surface area contributed by atoms with Gasteiger partial charge in [0.15, 0.2) is 0 Å². The molecule has 2 N–H and O–H groups in total. The Morgan fingerprint density at radius 1 is 1.50 bits per heavy atom. The Balaban J connectivity index is 3.52. The molecule has 0 bridgehead atoms. The van der Waals surface area contributed by atoms with E-state index < -0.39 is 6.09 Å². The Kier molecular flexibility index (Phi) is 6.47. The molecular formula is C8H17NO3. The molecule has 4 nitrogen and oxygen atoms in total. The van der Waals surface area contributed by atoms with Crippen LogP contribution in [0.4, 0.5) is 4.79 Å². The van der Waals surface area contributed by atoms with Crippen LogP contribution in [0.3, 0.4) is 0 Å². The van der Waals surface area contributed by atoms with Gasteiger partial charge in [-0.1, -0.05) is 13.8 Å². The number of nitrogens with one attached hydrogen (secondary N) is 1. The monoisotopic (exact) mass is 175 g/mol. The standard InChI is InChI=1S/C8H17NO3/c1-3-7(4-2)9-8(11)12-6-5-10/h7,10H,3-6H2,1-2H3,(H,9,11). The Morgan fingerprint density at radius 2 is 2.08 bits per heavy atom. The van der Waals surface area contributed by atoms with Crippen LogP contribution in [0.15, 0.2) is 0 Å². The van der Waals surface area contributed by atoms with Crippen molar-refractivity contribution in [2.24, 2.45) is 0 Å². The lowest BCUT2D eigenvalue weighted by molar-refractivity contribution is 0.116. The van der Waals surface area contributed by atoms with Crippen LogP contribution in [0.25, 0.3) is 0 Å². The first-order valence-corrected chi connectivity index (χ1v) is 4.28. The zero-order valence-electron chi connectivity index (χ0n) is 7.67. The topological polar surface area (TPSA) is 58.6 Å². The number of amides is 1. The summed E-state index contributed by atoms with van der Waals surface area (Å²) >= 11 is 0. The van der Waals surface area contributed by atoms with Gasteiger partial charge in [0, 0.05) is 6.04 Å². The van der Waals surface area contributed by atoms with E-state index in [1.165, 1.54) is 0 Å². The van der Waals surface area contributed by atoms with Crippen molar-refractivity contribution in [1.82, 2.24) is 5.32 Å². The van der Waals surface area contributed by atoms with Gasteiger partial charge in [-0.15, -0.1) is 0 Å². The number of carbonyl (C=O) groups is 1. The molecule has 0 rings (SSSR count). The summed E-state index contributed by atoms with van der Waals surface area (Å²) in [5, 5.41) is 11.0. The van der Waals surface area contributed by atoms with Crippen LogP contribution >= 0.6 is 0 Å². The van der Waals surface area contributed by atoms with Crippen molar-refractivity contribution in [3.8, 4) is 0 Å². The van der Waals surface area contributed by atoms with Gasteiger partial charge in [0.2, 0.25) is 0 Å². The average molecular weight is 175 g/mol. The molecule has 0 saturated carbocycles. The van der Waals surface area contributed by atoms with Crippen molar-refractivity contribution < 1.29 is 14.6 Å². The molecule has 0 saturated heterocycles. The van der Waals surface area contributed by atoms with Crippen LogP contribution in [0.1, 0.15) is 26.7 Å². The molecule has 0 spiro atoms. The lowest BCUT2D eigenvalue weighted by atomic mass is 10.2. The fourth-order valence-electron chi connectivity index (χ4n) is 0.839. The molecule has 0 aliphatic carbocycles. The van der Waals surface area contributed by atoms with Crippen LogP contribution < -0.4 is 5.32 Å². The van der Waals surface area contributed by atoms with E-state index in [1.54, 1.807) is 0 Å². The Bertz CT molecular complexity index is 123. The third kappa shape index (κ3) is 4.96. The number of hydrogen-bond acceptors (Lipinski definition) is 3. The highest BCUT2D eigenvalue weighted by atomic mass is 16.6. The Morgan fingerprint density at radius 3 is 2.50 bits per heavy atom. The average Bonchev–Trinajstić information content (AvgIpc) is 2.10. The molecule has 0 fully saturated rings. The first-order valence-electron chi connectivity index (χ1n) is 4.28. The molecule has 72 valence electrons. The molecule has 12 heavy (non-hydrogen) atoms. The van der Waals surface area contributed by atoms with E-state index in [9.17, 15) is 4.79 Å². The lowest BCUT2D eigenvalue weighted by Crippen LogP contribution is -2.34. The molecule has 0 aliphatic heterocycles. The highest BCUT2D eigenvalue weighted by Gasteiger charge is 2.07. The molecule has 1 amide bonds. The summed E-state index contributed by atoms with van der Waals surface area (Å²) in [6.07, 6.45) is 1.34. The summed E-state index contributed by atoms with van der Waals surface area (Å²) in [6.45, 7) is 3.93. The van der Waals surface area contributed by atoms with Crippen LogP contribution in [-0.2, 0) is 4.74 Å². The number of hydrogen-bond donors (Lipinski definition) is 2. The highest BCUT2D eigenvalue weighted by molar-refractivity contribution is 5.67. The third-order valence-electron chi connectivity index (χ3n) is 1.63. The van der Waals surface area contributed by atoms with Gasteiger partial charge >= 0.3 is 6.09 Å². The molecule has 0 aromatic heterocycles. The lowest BCUT2D eigenvalue weighted by Gasteiger charge is -2.13. The van der Waals surface area contributed by atoms with Gasteiger partial charge in [-0.2, -0.15) is 0 Å². The molecule has 0 atom stereocenters. The largest absolute Gasteiger partial charge is 0.447 e. The van der Waals surface area contributed by atoms with Gasteiger partial charge < -0.3 is 15.2 Å². The van der Waals surface area contributed by atoms with E-state index in [2.05, 4.69) is 10.1 Å². The van der Waals surface area contributed by atoms with E-state index in [0.29, 0.717) is 0 Å². The van der Waals surface area contributed by atoms with E-state index in [4.69, 9.17) is 5.11 Å². The zero-order chi connectivity index (χ0) is 9.40. The minimum atomic E-state index is -0.447. The number of aliphatic hydroxyl groups is 1. The van der Waals surface area contributed by atoms with Crippen molar-refractivity contribution in [2.45, 2.75) is 32.7 Å². The highest BCUT2D eigenvalue weighted by Crippen LogP contribution is 1.96. The molecule has 0 aliphatic rings. The van der Waals surface area contributed by atoms with E-state index in [0.717, 1.165) is 12.8 Å². The summed E-state index contributed by atoms with van der Waals surface area (Å²) in [6, 6.07) is 0.177. The van der Waals surface area contributed by atoms with Crippen molar-refractivity contribution in [1.29, 1.82) is 0 Å². The van der Waals surface area contributed by atoms with Crippen LogP contribution in [0.5, 0.6) is 0 Å². The molecule has 0 aromatic rings. The van der Waals surface area contributed by atoms with E-state index >= 15 is 0 Å². The van der Waals surface area contributed by atoms with Crippen LogP contribution in [0, 0.1) is 0 Å². The van der Waals surface area contributed by atoms with Gasteiger partial charge in [-0.05, 0) is 12.8 Å². The van der Waals surface area contributed by atoms with Gasteiger partial charge in [0.05, 0.1) is 6.61 Å². The van der Waals surface area contributed by atoms with Gasteiger partial charge in [-0.3, -0.25) is 0 Å². The number of carbonyl (C=O) groups excluding carboxylic acids is 1. The smallest absolute Gasteiger partial charge is 0.407 e. The maximum atomic E-state index is 10.9. The van der Waals surface area contributed by atoms with Crippen molar-refractivity contribution in [3.63, 3.8) is 0 Å². The van der Waals surface area contributed by atoms with Gasteiger partial charge in [-0.25, -0.2) is 4.79 Å². The predicted molar refractivity (Wildman–Crippen MR) is 45.9 cm³/mol. The maximum absolute atomic E-state index is 10.9. The molecule has 0 aromatic carbocycles. The van der Waals surface area contributed by atoms with Crippen molar-refractivity contribution >= 4 is 6.09 Å². The second-order valence-electron chi connectivity index (χ2n) is 2.52. The Hall–Kier alpha value is -0.770.